The molecule has 2 rings (SSSR count). The van der Waals surface area contributed by atoms with Gasteiger partial charge in [0.1, 0.15) is 0 Å². The molecule has 0 radical (unpaired) electrons. The van der Waals surface area contributed by atoms with Crippen molar-refractivity contribution in [2.45, 2.75) is 26.3 Å². The van der Waals surface area contributed by atoms with Gasteiger partial charge >= 0.3 is 0 Å². The average molecular weight is 403 g/mol. The Hall–Kier alpha value is -0.630. The summed E-state index contributed by atoms with van der Waals surface area (Å²) in [6.45, 7) is 10.6. The molecule has 2 N–H and O–H groups in total. The predicted octanol–water partition coefficient (Wildman–Crippen LogP) is 2.33. The number of hydrogen-bond donors (Lipinski definition) is 2. The molecule has 0 aliphatic carbocycles. The van der Waals surface area contributed by atoms with Crippen LogP contribution in [0.2, 0.25) is 0 Å². The first-order valence-corrected chi connectivity index (χ1v) is 9.88. The van der Waals surface area contributed by atoms with Gasteiger partial charge in [0.25, 0.3) is 0 Å². The predicted molar refractivity (Wildman–Crippen MR) is 102 cm³/mol. The van der Waals surface area contributed by atoms with Crippen molar-refractivity contribution in [3.8, 4) is 0 Å². The normalized spacial score (nSPS) is 18.0. The van der Waals surface area contributed by atoms with Gasteiger partial charge in [0.2, 0.25) is 0 Å². The van der Waals surface area contributed by atoms with Crippen molar-refractivity contribution in [1.29, 1.82) is 0 Å². The molecule has 0 spiro atoms. The molecule has 7 heteroatoms. The van der Waals surface area contributed by atoms with Crippen LogP contribution in [0.25, 0.3) is 0 Å². The van der Waals surface area contributed by atoms with E-state index in [1.54, 1.807) is 11.3 Å². The minimum atomic E-state index is 0.447. The number of aliphatic imine (C=N–C) groups is 1. The van der Waals surface area contributed by atoms with Crippen LogP contribution in [0.5, 0.6) is 0 Å². The molecule has 1 atom stereocenters. The lowest BCUT2D eigenvalue weighted by Gasteiger charge is -2.31. The summed E-state index contributed by atoms with van der Waals surface area (Å²) in [4.78, 5) is 8.55. The Morgan fingerprint density at radius 3 is 2.83 bits per heavy atom. The number of nitrogens with one attached hydrogen (secondary N) is 2. The molecule has 0 amide bonds. The first-order chi connectivity index (χ1) is 11.2. The monoisotopic (exact) mass is 402 g/mol. The highest BCUT2D eigenvalue weighted by molar-refractivity contribution is 9.11. The molecule has 5 nitrogen and oxygen atoms in total. The molecule has 1 aliphatic heterocycles. The summed E-state index contributed by atoms with van der Waals surface area (Å²) in [5, 5.41) is 6.75. The molecule has 1 aromatic heterocycles. The van der Waals surface area contributed by atoms with E-state index in [-0.39, 0.29) is 0 Å². The second-order valence-electron chi connectivity index (χ2n) is 5.60. The fourth-order valence-electron chi connectivity index (χ4n) is 2.49. The molecule has 1 aliphatic rings. The van der Waals surface area contributed by atoms with E-state index < -0.39 is 0 Å². The molecule has 2 heterocycles. The number of rotatable bonds is 7. The van der Waals surface area contributed by atoms with Gasteiger partial charge < -0.3 is 15.4 Å². The van der Waals surface area contributed by atoms with Gasteiger partial charge in [0.15, 0.2) is 5.96 Å². The molecule has 1 unspecified atom stereocenters. The highest BCUT2D eigenvalue weighted by Crippen LogP contribution is 2.21. The van der Waals surface area contributed by atoms with Gasteiger partial charge in [-0.05, 0) is 48.3 Å². The van der Waals surface area contributed by atoms with Crippen LogP contribution in [0.15, 0.2) is 20.9 Å². The van der Waals surface area contributed by atoms with Gasteiger partial charge in [-0.15, -0.1) is 11.3 Å². The van der Waals surface area contributed by atoms with Crippen molar-refractivity contribution in [2.24, 2.45) is 4.99 Å². The van der Waals surface area contributed by atoms with Crippen molar-refractivity contribution in [3.05, 3.63) is 20.8 Å². The highest BCUT2D eigenvalue weighted by Gasteiger charge is 2.16. The molecular formula is C16H27BrN4OS. The molecule has 1 saturated heterocycles. The number of halogens is 1. The van der Waals surface area contributed by atoms with E-state index in [4.69, 9.17) is 9.73 Å². The molecule has 23 heavy (non-hydrogen) atoms. The van der Waals surface area contributed by atoms with Crippen LogP contribution in [0.4, 0.5) is 0 Å². The first-order valence-electron chi connectivity index (χ1n) is 8.27. The summed E-state index contributed by atoms with van der Waals surface area (Å²) in [7, 11) is 0. The zero-order valence-corrected chi connectivity index (χ0v) is 16.4. The number of thiophene rings is 1. The maximum Gasteiger partial charge on any atom is 0.191 e. The van der Waals surface area contributed by atoms with Crippen molar-refractivity contribution in [2.75, 3.05) is 45.9 Å². The van der Waals surface area contributed by atoms with Crippen LogP contribution in [-0.4, -0.2) is 62.8 Å². The van der Waals surface area contributed by atoms with E-state index in [1.807, 2.05) is 0 Å². The zero-order chi connectivity index (χ0) is 16.5. The second kappa shape index (κ2) is 10.3. The molecule has 1 aromatic rings. The Morgan fingerprint density at radius 1 is 1.39 bits per heavy atom. The van der Waals surface area contributed by atoms with Crippen LogP contribution < -0.4 is 10.6 Å². The van der Waals surface area contributed by atoms with Crippen LogP contribution in [0.1, 0.15) is 18.7 Å². The number of morpholine rings is 1. The summed E-state index contributed by atoms with van der Waals surface area (Å²) in [6, 6.07) is 4.72. The van der Waals surface area contributed by atoms with E-state index in [2.05, 4.69) is 57.4 Å². The van der Waals surface area contributed by atoms with Crippen molar-refractivity contribution < 1.29 is 4.74 Å². The van der Waals surface area contributed by atoms with Gasteiger partial charge in [0.05, 0.1) is 23.5 Å². The van der Waals surface area contributed by atoms with Gasteiger partial charge in [-0.1, -0.05) is 0 Å². The lowest BCUT2D eigenvalue weighted by atomic mass is 10.2. The lowest BCUT2D eigenvalue weighted by Crippen LogP contribution is -2.44. The molecule has 0 aromatic carbocycles. The van der Waals surface area contributed by atoms with Crippen LogP contribution in [0.3, 0.4) is 0 Å². The smallest absolute Gasteiger partial charge is 0.191 e. The van der Waals surface area contributed by atoms with Crippen LogP contribution >= 0.6 is 27.3 Å². The van der Waals surface area contributed by atoms with Gasteiger partial charge in [0, 0.05) is 37.1 Å². The number of nitrogens with zero attached hydrogens (tertiary/aromatic N) is 2. The maximum absolute atomic E-state index is 5.41. The average Bonchev–Trinajstić information content (AvgIpc) is 2.98. The molecule has 130 valence electrons. The number of guanidine groups is 1. The summed E-state index contributed by atoms with van der Waals surface area (Å²) in [6.07, 6.45) is 1.01. The standard InChI is InChI=1S/C16H27BrN4OS/c1-3-18-16(19-7-6-14-4-5-15(17)23-14)20-12-13(2)21-8-10-22-11-9-21/h4-5,13H,3,6-12H2,1-2H3,(H2,18,19,20). The third-order valence-electron chi connectivity index (χ3n) is 3.82. The summed E-state index contributed by atoms with van der Waals surface area (Å²) >= 11 is 5.29. The molecule has 0 saturated carbocycles. The molecule has 1 fully saturated rings. The van der Waals surface area contributed by atoms with E-state index in [0.29, 0.717) is 6.04 Å². The quantitative estimate of drug-likeness (QED) is 0.542. The topological polar surface area (TPSA) is 48.9 Å². The fourth-order valence-corrected chi connectivity index (χ4v) is 3.97. The lowest BCUT2D eigenvalue weighted by molar-refractivity contribution is 0.0220. The summed E-state index contributed by atoms with van der Waals surface area (Å²) < 4.78 is 6.59. The SMILES string of the molecule is CCNC(=NCC(C)N1CCOCC1)NCCc1ccc(Br)s1. The van der Waals surface area contributed by atoms with Crippen molar-refractivity contribution in [1.82, 2.24) is 15.5 Å². The van der Waals surface area contributed by atoms with Crippen LogP contribution in [0, 0.1) is 0 Å². The Morgan fingerprint density at radius 2 is 2.17 bits per heavy atom. The molecular weight excluding hydrogens is 376 g/mol. The third kappa shape index (κ3) is 6.79. The Balaban J connectivity index is 1.76. The van der Waals surface area contributed by atoms with E-state index in [0.717, 1.165) is 58.3 Å². The second-order valence-corrected chi connectivity index (χ2v) is 8.15. The first kappa shape index (κ1) is 18.7. The number of ether oxygens (including phenoxy) is 1. The Labute approximate surface area is 151 Å². The zero-order valence-electron chi connectivity index (χ0n) is 14.0. The minimum absolute atomic E-state index is 0.447. The maximum atomic E-state index is 5.41. The van der Waals surface area contributed by atoms with Gasteiger partial charge in [-0.3, -0.25) is 9.89 Å². The Kier molecular flexibility index (Phi) is 8.36. The summed E-state index contributed by atoms with van der Waals surface area (Å²) in [5.41, 5.74) is 0. The van der Waals surface area contributed by atoms with Crippen molar-refractivity contribution in [3.63, 3.8) is 0 Å². The van der Waals surface area contributed by atoms with Crippen molar-refractivity contribution >= 4 is 33.2 Å². The van der Waals surface area contributed by atoms with Crippen LogP contribution in [-0.2, 0) is 11.2 Å². The van der Waals surface area contributed by atoms with E-state index >= 15 is 0 Å². The molecule has 0 bridgehead atoms. The number of hydrogen-bond acceptors (Lipinski definition) is 4. The summed E-state index contributed by atoms with van der Waals surface area (Å²) in [5.74, 6) is 0.906. The van der Waals surface area contributed by atoms with E-state index in [1.165, 1.54) is 8.66 Å². The largest absolute Gasteiger partial charge is 0.379 e. The highest BCUT2D eigenvalue weighted by atomic mass is 79.9. The third-order valence-corrected chi connectivity index (χ3v) is 5.50. The minimum Gasteiger partial charge on any atom is -0.379 e. The van der Waals surface area contributed by atoms with Gasteiger partial charge in [-0.25, -0.2) is 0 Å². The fraction of sp³-hybridized carbons (Fsp3) is 0.688. The van der Waals surface area contributed by atoms with Gasteiger partial charge in [-0.2, -0.15) is 0 Å². The van der Waals surface area contributed by atoms with E-state index in [9.17, 15) is 0 Å². The Bertz CT molecular complexity index is 488.